The van der Waals surface area contributed by atoms with E-state index in [4.69, 9.17) is 5.11 Å². The van der Waals surface area contributed by atoms with Gasteiger partial charge in [-0.3, -0.25) is 4.79 Å². The first kappa shape index (κ1) is 13.3. The third kappa shape index (κ3) is 2.84. The lowest BCUT2D eigenvalue weighted by Crippen LogP contribution is -2.07. The molecule has 0 saturated heterocycles. The number of aryl methyl sites for hydroxylation is 2. The third-order valence-electron chi connectivity index (χ3n) is 3.45. The van der Waals surface area contributed by atoms with Gasteiger partial charge in [-0.15, -0.1) is 0 Å². The Labute approximate surface area is 113 Å². The first-order chi connectivity index (χ1) is 8.99. The molecule has 19 heavy (non-hydrogen) atoms. The SMILES string of the molecule is Cc1ccc(-c2cccc(C(C)C(=O)O)c2)c(C)c1. The van der Waals surface area contributed by atoms with E-state index in [-0.39, 0.29) is 0 Å². The maximum atomic E-state index is 11.1. The van der Waals surface area contributed by atoms with Crippen LogP contribution >= 0.6 is 0 Å². The summed E-state index contributed by atoms with van der Waals surface area (Å²) in [5.74, 6) is -1.27. The van der Waals surface area contributed by atoms with Gasteiger partial charge in [-0.25, -0.2) is 0 Å². The van der Waals surface area contributed by atoms with Crippen LogP contribution in [0.25, 0.3) is 11.1 Å². The van der Waals surface area contributed by atoms with Gasteiger partial charge in [0.15, 0.2) is 0 Å². The van der Waals surface area contributed by atoms with E-state index >= 15 is 0 Å². The Kier molecular flexibility index (Phi) is 3.70. The summed E-state index contributed by atoms with van der Waals surface area (Å²) < 4.78 is 0. The van der Waals surface area contributed by atoms with Crippen LogP contribution in [-0.4, -0.2) is 11.1 Å². The van der Waals surface area contributed by atoms with Gasteiger partial charge in [0.1, 0.15) is 0 Å². The van der Waals surface area contributed by atoms with Crippen molar-refractivity contribution in [1.82, 2.24) is 0 Å². The quantitative estimate of drug-likeness (QED) is 0.893. The Morgan fingerprint density at radius 3 is 2.47 bits per heavy atom. The summed E-state index contributed by atoms with van der Waals surface area (Å²) in [6.45, 7) is 5.86. The number of carbonyl (C=O) groups is 1. The van der Waals surface area contributed by atoms with Gasteiger partial charge in [-0.1, -0.05) is 48.0 Å². The minimum atomic E-state index is -0.794. The van der Waals surface area contributed by atoms with Crippen LogP contribution < -0.4 is 0 Å². The number of hydrogen-bond donors (Lipinski definition) is 1. The van der Waals surface area contributed by atoms with Crippen LogP contribution in [0.1, 0.15) is 29.5 Å². The fraction of sp³-hybridized carbons (Fsp3) is 0.235. The molecule has 0 amide bonds. The van der Waals surface area contributed by atoms with Gasteiger partial charge in [-0.05, 0) is 43.0 Å². The number of rotatable bonds is 3. The third-order valence-corrected chi connectivity index (χ3v) is 3.45. The number of aliphatic carboxylic acids is 1. The minimum absolute atomic E-state index is 0.481. The Bertz CT molecular complexity index is 614. The molecule has 0 heterocycles. The zero-order chi connectivity index (χ0) is 14.0. The summed E-state index contributed by atoms with van der Waals surface area (Å²) in [5.41, 5.74) is 5.51. The molecule has 1 unspecified atom stereocenters. The van der Waals surface area contributed by atoms with Crippen molar-refractivity contribution in [3.8, 4) is 11.1 Å². The van der Waals surface area contributed by atoms with Gasteiger partial charge in [-0.2, -0.15) is 0 Å². The van der Waals surface area contributed by atoms with E-state index in [1.54, 1.807) is 6.92 Å². The van der Waals surface area contributed by atoms with Crippen molar-refractivity contribution in [1.29, 1.82) is 0 Å². The van der Waals surface area contributed by atoms with E-state index in [1.807, 2.05) is 24.3 Å². The second-order valence-electron chi connectivity index (χ2n) is 5.00. The largest absolute Gasteiger partial charge is 0.481 e. The molecule has 2 rings (SSSR count). The summed E-state index contributed by atoms with van der Waals surface area (Å²) in [7, 11) is 0. The van der Waals surface area contributed by atoms with Crippen LogP contribution in [0.2, 0.25) is 0 Å². The van der Waals surface area contributed by atoms with E-state index in [1.165, 1.54) is 11.1 Å². The molecule has 2 heteroatoms. The van der Waals surface area contributed by atoms with Gasteiger partial charge in [0, 0.05) is 0 Å². The average Bonchev–Trinajstić information content (AvgIpc) is 2.38. The molecule has 98 valence electrons. The van der Waals surface area contributed by atoms with Crippen LogP contribution in [-0.2, 0) is 4.79 Å². The van der Waals surface area contributed by atoms with Gasteiger partial charge in [0.05, 0.1) is 5.92 Å². The van der Waals surface area contributed by atoms with Crippen molar-refractivity contribution in [2.75, 3.05) is 0 Å². The molecule has 1 N–H and O–H groups in total. The second-order valence-corrected chi connectivity index (χ2v) is 5.00. The molecule has 0 saturated carbocycles. The monoisotopic (exact) mass is 254 g/mol. The molecular weight excluding hydrogens is 236 g/mol. The van der Waals surface area contributed by atoms with E-state index in [0.717, 1.165) is 16.7 Å². The molecule has 1 atom stereocenters. The van der Waals surface area contributed by atoms with Gasteiger partial charge in [0.25, 0.3) is 0 Å². The first-order valence-corrected chi connectivity index (χ1v) is 6.39. The molecule has 0 radical (unpaired) electrons. The van der Waals surface area contributed by atoms with E-state index in [2.05, 4.69) is 32.0 Å². The molecule has 0 spiro atoms. The highest BCUT2D eigenvalue weighted by Gasteiger charge is 2.14. The van der Waals surface area contributed by atoms with Crippen molar-refractivity contribution in [2.24, 2.45) is 0 Å². The van der Waals surface area contributed by atoms with E-state index in [9.17, 15) is 4.79 Å². The Morgan fingerprint density at radius 1 is 1.11 bits per heavy atom. The maximum Gasteiger partial charge on any atom is 0.310 e. The highest BCUT2D eigenvalue weighted by Crippen LogP contribution is 2.27. The minimum Gasteiger partial charge on any atom is -0.481 e. The van der Waals surface area contributed by atoms with Crippen molar-refractivity contribution in [3.05, 3.63) is 59.2 Å². The first-order valence-electron chi connectivity index (χ1n) is 6.39. The summed E-state index contributed by atoms with van der Waals surface area (Å²) in [4.78, 5) is 11.1. The summed E-state index contributed by atoms with van der Waals surface area (Å²) in [6.07, 6.45) is 0. The van der Waals surface area contributed by atoms with Crippen LogP contribution in [0.15, 0.2) is 42.5 Å². The molecule has 0 fully saturated rings. The second kappa shape index (κ2) is 5.27. The molecule has 2 aromatic carbocycles. The number of benzene rings is 2. The molecule has 0 aliphatic heterocycles. The highest BCUT2D eigenvalue weighted by atomic mass is 16.4. The molecule has 2 nitrogen and oxygen atoms in total. The van der Waals surface area contributed by atoms with Crippen LogP contribution in [0, 0.1) is 13.8 Å². The molecule has 0 bridgehead atoms. The average molecular weight is 254 g/mol. The Balaban J connectivity index is 2.46. The maximum absolute atomic E-state index is 11.1. The predicted octanol–water partition coefficient (Wildman–Crippen LogP) is 4.16. The molecule has 2 aromatic rings. The normalized spacial score (nSPS) is 12.2. The fourth-order valence-electron chi connectivity index (χ4n) is 2.26. The smallest absolute Gasteiger partial charge is 0.310 e. The lowest BCUT2D eigenvalue weighted by molar-refractivity contribution is -0.138. The van der Waals surface area contributed by atoms with E-state index < -0.39 is 11.9 Å². The molecule has 0 aliphatic rings. The van der Waals surface area contributed by atoms with Gasteiger partial charge >= 0.3 is 5.97 Å². The van der Waals surface area contributed by atoms with Gasteiger partial charge < -0.3 is 5.11 Å². The predicted molar refractivity (Wildman–Crippen MR) is 77.4 cm³/mol. The highest BCUT2D eigenvalue weighted by molar-refractivity contribution is 5.77. The number of carboxylic acids is 1. The molecular formula is C17H18O2. The van der Waals surface area contributed by atoms with Crippen molar-refractivity contribution in [2.45, 2.75) is 26.7 Å². The molecule has 0 aliphatic carbocycles. The van der Waals surface area contributed by atoms with Crippen LogP contribution in [0.3, 0.4) is 0 Å². The zero-order valence-corrected chi connectivity index (χ0v) is 11.5. The Morgan fingerprint density at radius 2 is 1.84 bits per heavy atom. The lowest BCUT2D eigenvalue weighted by atomic mass is 9.94. The molecule has 0 aromatic heterocycles. The standard InChI is InChI=1S/C17H18O2/c1-11-7-8-16(12(2)9-11)15-6-4-5-14(10-15)13(3)17(18)19/h4-10,13H,1-3H3,(H,18,19). The number of hydrogen-bond acceptors (Lipinski definition) is 1. The summed E-state index contributed by atoms with van der Waals surface area (Å²) >= 11 is 0. The van der Waals surface area contributed by atoms with Crippen molar-refractivity contribution < 1.29 is 9.90 Å². The topological polar surface area (TPSA) is 37.3 Å². The van der Waals surface area contributed by atoms with E-state index in [0.29, 0.717) is 0 Å². The zero-order valence-electron chi connectivity index (χ0n) is 11.5. The van der Waals surface area contributed by atoms with Crippen molar-refractivity contribution >= 4 is 5.97 Å². The fourth-order valence-corrected chi connectivity index (χ4v) is 2.26. The lowest BCUT2D eigenvalue weighted by Gasteiger charge is -2.11. The Hall–Kier alpha value is -2.09. The van der Waals surface area contributed by atoms with Crippen LogP contribution in [0.4, 0.5) is 0 Å². The van der Waals surface area contributed by atoms with Gasteiger partial charge in [0.2, 0.25) is 0 Å². The number of carboxylic acid groups (broad SMARTS) is 1. The van der Waals surface area contributed by atoms with Crippen LogP contribution in [0.5, 0.6) is 0 Å². The summed E-state index contributed by atoms with van der Waals surface area (Å²) in [6, 6.07) is 14.1. The van der Waals surface area contributed by atoms with Crippen molar-refractivity contribution in [3.63, 3.8) is 0 Å². The summed E-state index contributed by atoms with van der Waals surface area (Å²) in [5, 5.41) is 9.09.